The Morgan fingerprint density at radius 3 is 2.00 bits per heavy atom. The van der Waals surface area contributed by atoms with Crippen LogP contribution in [-0.4, -0.2) is 107 Å². The third-order valence-corrected chi connectivity index (χ3v) is 9.84. The predicted octanol–water partition coefficient (Wildman–Crippen LogP) is 3.64. The Bertz CT molecular complexity index is 1320. The van der Waals surface area contributed by atoms with Gasteiger partial charge in [-0.3, -0.25) is 4.90 Å². The topological polar surface area (TPSA) is 59.1 Å². The normalized spacial score (nSPS) is 22.3. The molecule has 0 radical (unpaired) electrons. The SMILES string of the molecule is Cc1ccc(S(=O)(=O)NCCN2CCCN3CCN(CCCN(Cc4ccc5ccccc5c4)CC2)CC3)cc1. The fraction of sp³-hybridized carbons (Fsp3) is 0.500. The molecule has 0 atom stereocenters. The second kappa shape index (κ2) is 14.0. The van der Waals surface area contributed by atoms with Gasteiger partial charge in [-0.15, -0.1) is 0 Å². The van der Waals surface area contributed by atoms with Crippen LogP contribution in [0.1, 0.15) is 24.0 Å². The minimum absolute atomic E-state index is 0.333. The van der Waals surface area contributed by atoms with Crippen LogP contribution >= 0.6 is 0 Å². The van der Waals surface area contributed by atoms with Crippen molar-refractivity contribution in [3.05, 3.63) is 77.9 Å². The average molecular weight is 564 g/mol. The van der Waals surface area contributed by atoms with Crippen molar-refractivity contribution in [1.29, 1.82) is 0 Å². The molecule has 8 heteroatoms. The van der Waals surface area contributed by atoms with Gasteiger partial charge in [-0.2, -0.15) is 0 Å². The average Bonchev–Trinajstić information content (AvgIpc) is 2.96. The van der Waals surface area contributed by atoms with Gasteiger partial charge in [0.05, 0.1) is 4.90 Å². The summed E-state index contributed by atoms with van der Waals surface area (Å²) >= 11 is 0. The molecule has 2 bridgehead atoms. The highest BCUT2D eigenvalue weighted by Gasteiger charge is 2.19. The second-order valence-electron chi connectivity index (χ2n) is 11.4. The van der Waals surface area contributed by atoms with Crippen LogP contribution in [0.15, 0.2) is 71.6 Å². The van der Waals surface area contributed by atoms with E-state index >= 15 is 0 Å². The first-order valence-corrected chi connectivity index (χ1v) is 16.4. The van der Waals surface area contributed by atoms with Crippen molar-refractivity contribution in [2.45, 2.75) is 31.2 Å². The molecule has 0 spiro atoms. The molecular formula is C32H45N5O2S. The van der Waals surface area contributed by atoms with E-state index in [-0.39, 0.29) is 0 Å². The van der Waals surface area contributed by atoms with Crippen molar-refractivity contribution in [2.24, 2.45) is 0 Å². The third kappa shape index (κ3) is 8.35. The maximum atomic E-state index is 12.8. The maximum Gasteiger partial charge on any atom is 0.240 e. The molecule has 40 heavy (non-hydrogen) atoms. The highest BCUT2D eigenvalue weighted by atomic mass is 32.2. The molecule has 0 amide bonds. The van der Waals surface area contributed by atoms with E-state index in [2.05, 4.69) is 66.8 Å². The van der Waals surface area contributed by atoms with Crippen molar-refractivity contribution >= 4 is 20.8 Å². The maximum absolute atomic E-state index is 12.8. The number of aryl methyl sites for hydroxylation is 1. The number of hydrogen-bond acceptors (Lipinski definition) is 6. The van der Waals surface area contributed by atoms with Crippen molar-refractivity contribution in [3.63, 3.8) is 0 Å². The molecule has 3 fully saturated rings. The van der Waals surface area contributed by atoms with Gasteiger partial charge < -0.3 is 14.7 Å². The summed E-state index contributed by atoms with van der Waals surface area (Å²) in [7, 11) is -3.50. The fourth-order valence-corrected chi connectivity index (χ4v) is 6.92. The lowest BCUT2D eigenvalue weighted by molar-refractivity contribution is 0.112. The Morgan fingerprint density at radius 2 is 1.30 bits per heavy atom. The minimum atomic E-state index is -3.50. The highest BCUT2D eigenvalue weighted by molar-refractivity contribution is 7.89. The van der Waals surface area contributed by atoms with Crippen LogP contribution in [0.2, 0.25) is 0 Å². The van der Waals surface area contributed by atoms with Crippen molar-refractivity contribution < 1.29 is 8.42 Å². The zero-order chi connectivity index (χ0) is 27.8. The number of piperazine rings is 1. The quantitative estimate of drug-likeness (QED) is 0.474. The van der Waals surface area contributed by atoms with Gasteiger partial charge in [0.1, 0.15) is 0 Å². The van der Waals surface area contributed by atoms with Gasteiger partial charge in [0.25, 0.3) is 0 Å². The molecule has 7 nitrogen and oxygen atoms in total. The van der Waals surface area contributed by atoms with E-state index in [1.165, 1.54) is 22.8 Å². The van der Waals surface area contributed by atoms with Crippen LogP contribution in [0.3, 0.4) is 0 Å². The van der Waals surface area contributed by atoms with Crippen LogP contribution in [0, 0.1) is 6.92 Å². The molecule has 0 aromatic heterocycles. The molecule has 3 aromatic carbocycles. The number of fused-ring (bicyclic) bond motifs is 12. The van der Waals surface area contributed by atoms with Crippen LogP contribution in [0.25, 0.3) is 10.8 Å². The molecule has 0 aliphatic carbocycles. The minimum Gasteiger partial charge on any atom is -0.301 e. The molecule has 3 aliphatic heterocycles. The molecule has 6 rings (SSSR count). The summed E-state index contributed by atoms with van der Waals surface area (Å²) in [5.74, 6) is 0. The Hall–Kier alpha value is -2.33. The first kappa shape index (κ1) is 29.2. The number of benzene rings is 3. The van der Waals surface area contributed by atoms with Gasteiger partial charge in [0.2, 0.25) is 10.0 Å². The lowest BCUT2D eigenvalue weighted by Gasteiger charge is -2.36. The molecule has 0 saturated carbocycles. The number of hydrogen-bond donors (Lipinski definition) is 1. The molecule has 3 saturated heterocycles. The van der Waals surface area contributed by atoms with Crippen LogP contribution in [0.4, 0.5) is 0 Å². The van der Waals surface area contributed by atoms with E-state index in [1.807, 2.05) is 19.1 Å². The van der Waals surface area contributed by atoms with E-state index in [1.54, 1.807) is 12.1 Å². The zero-order valence-corrected chi connectivity index (χ0v) is 24.8. The van der Waals surface area contributed by atoms with Crippen molar-refractivity contribution in [3.8, 4) is 0 Å². The summed E-state index contributed by atoms with van der Waals surface area (Å²) in [5.41, 5.74) is 2.41. The van der Waals surface area contributed by atoms with E-state index in [0.29, 0.717) is 18.0 Å². The standard InChI is InChI=1S/C32H45N5O2S/c1-28-8-12-32(13-9-28)40(38,39)33-14-19-34-15-4-16-35-20-22-36(23-21-35)17-5-18-37(25-24-34)27-29-10-11-30-6-2-3-7-31(30)26-29/h2-3,6-13,26,33H,4-5,14-25,27H2,1H3. The van der Waals surface area contributed by atoms with Crippen molar-refractivity contribution in [1.82, 2.24) is 24.3 Å². The van der Waals surface area contributed by atoms with E-state index in [0.717, 1.165) is 84.0 Å². The van der Waals surface area contributed by atoms with Gasteiger partial charge in [0, 0.05) is 58.9 Å². The molecular weight excluding hydrogens is 518 g/mol. The summed E-state index contributed by atoms with van der Waals surface area (Å²) in [4.78, 5) is 10.6. The molecule has 3 heterocycles. The fourth-order valence-electron chi connectivity index (χ4n) is 5.89. The number of sulfonamides is 1. The van der Waals surface area contributed by atoms with E-state index in [4.69, 9.17) is 0 Å². The summed E-state index contributed by atoms with van der Waals surface area (Å²) in [5, 5.41) is 2.58. The molecule has 216 valence electrons. The Balaban J connectivity index is 1.23. The monoisotopic (exact) mass is 563 g/mol. The predicted molar refractivity (Wildman–Crippen MR) is 164 cm³/mol. The van der Waals surface area contributed by atoms with Gasteiger partial charge in [-0.05, 0) is 80.5 Å². The largest absolute Gasteiger partial charge is 0.301 e. The number of rotatable bonds is 7. The third-order valence-electron chi connectivity index (χ3n) is 8.37. The lowest BCUT2D eigenvalue weighted by Crippen LogP contribution is -2.48. The van der Waals surface area contributed by atoms with E-state index < -0.39 is 10.0 Å². The Kier molecular flexibility index (Phi) is 10.2. The van der Waals surface area contributed by atoms with Crippen LogP contribution < -0.4 is 4.72 Å². The summed E-state index contributed by atoms with van der Waals surface area (Å²) < 4.78 is 28.5. The van der Waals surface area contributed by atoms with Crippen molar-refractivity contribution in [2.75, 3.05) is 78.5 Å². The summed E-state index contributed by atoms with van der Waals surface area (Å²) in [6.45, 7) is 14.9. The molecule has 1 N–H and O–H groups in total. The Morgan fingerprint density at radius 1 is 0.675 bits per heavy atom. The lowest BCUT2D eigenvalue weighted by atomic mass is 10.1. The van der Waals surface area contributed by atoms with Gasteiger partial charge in [-0.25, -0.2) is 13.1 Å². The Labute approximate surface area is 240 Å². The van der Waals surface area contributed by atoms with Gasteiger partial charge >= 0.3 is 0 Å². The van der Waals surface area contributed by atoms with Gasteiger partial charge in [0.15, 0.2) is 0 Å². The highest BCUT2D eigenvalue weighted by Crippen LogP contribution is 2.17. The summed E-state index contributed by atoms with van der Waals surface area (Å²) in [6, 6.07) is 22.5. The first-order valence-electron chi connectivity index (χ1n) is 14.9. The first-order chi connectivity index (χ1) is 19.4. The number of nitrogens with zero attached hydrogens (tertiary/aromatic N) is 4. The van der Waals surface area contributed by atoms with Gasteiger partial charge in [-0.1, -0.05) is 54.1 Å². The smallest absolute Gasteiger partial charge is 0.240 e. The molecule has 3 aliphatic rings. The van der Waals surface area contributed by atoms with E-state index in [9.17, 15) is 8.42 Å². The molecule has 3 aromatic rings. The molecule has 0 unspecified atom stereocenters. The second-order valence-corrected chi connectivity index (χ2v) is 13.2. The summed E-state index contributed by atoms with van der Waals surface area (Å²) in [6.07, 6.45) is 2.28. The zero-order valence-electron chi connectivity index (χ0n) is 24.0. The number of nitrogens with one attached hydrogen (secondary N) is 1. The van der Waals surface area contributed by atoms with Crippen LogP contribution in [0.5, 0.6) is 0 Å². The van der Waals surface area contributed by atoms with Crippen LogP contribution in [-0.2, 0) is 16.6 Å².